The molecular weight excluding hydrogens is 422 g/mol. The molecule has 1 heterocycles. The summed E-state index contributed by atoms with van der Waals surface area (Å²) >= 11 is 0. The van der Waals surface area contributed by atoms with Crippen LogP contribution in [0.3, 0.4) is 0 Å². The van der Waals surface area contributed by atoms with Gasteiger partial charge in [0.25, 0.3) is 11.5 Å². The lowest BCUT2D eigenvalue weighted by atomic mass is 10.1. The van der Waals surface area contributed by atoms with Gasteiger partial charge in [-0.25, -0.2) is 4.79 Å². The maximum atomic E-state index is 13.0. The highest BCUT2D eigenvalue weighted by Gasteiger charge is 2.24. The number of H-pyrrole nitrogens is 1. The second-order valence-corrected chi connectivity index (χ2v) is 8.12. The van der Waals surface area contributed by atoms with Crippen LogP contribution in [-0.4, -0.2) is 28.6 Å². The smallest absolute Gasteiger partial charge is 0.387 e. The van der Waals surface area contributed by atoms with E-state index in [2.05, 4.69) is 9.72 Å². The summed E-state index contributed by atoms with van der Waals surface area (Å²) in [6.07, 6.45) is 2.73. The summed E-state index contributed by atoms with van der Waals surface area (Å²) in [5.74, 6) is -0.513. The van der Waals surface area contributed by atoms with Crippen LogP contribution in [0.1, 0.15) is 33.3 Å². The molecule has 1 amide bonds. The topological polar surface area (TPSA) is 110 Å². The van der Waals surface area contributed by atoms with Gasteiger partial charge in [0.2, 0.25) is 0 Å². The van der Waals surface area contributed by atoms with Crippen LogP contribution in [0.4, 0.5) is 20.3 Å². The molecule has 0 unspecified atom stereocenters. The second-order valence-electron chi connectivity index (χ2n) is 8.12. The number of nitrogens with two attached hydrogens (primary N) is 1. The van der Waals surface area contributed by atoms with Crippen LogP contribution in [0.25, 0.3) is 6.08 Å². The molecule has 0 bridgehead atoms. The van der Waals surface area contributed by atoms with E-state index in [9.17, 15) is 23.2 Å². The molecular formula is C22H28F2N4O4. The maximum absolute atomic E-state index is 13.0. The number of nitrogen functional groups attached to an aromatic ring is 1. The number of rotatable bonds is 9. The van der Waals surface area contributed by atoms with Gasteiger partial charge in [0.15, 0.2) is 5.69 Å². The molecule has 0 aliphatic heterocycles. The Morgan fingerprint density at radius 1 is 1.16 bits per heavy atom. The number of anilines is 2. The van der Waals surface area contributed by atoms with Gasteiger partial charge >= 0.3 is 12.3 Å². The summed E-state index contributed by atoms with van der Waals surface area (Å²) in [7, 11) is 0. The molecule has 0 aliphatic rings. The number of amides is 1. The molecule has 2 rings (SSSR count). The fourth-order valence-corrected chi connectivity index (χ4v) is 3.06. The van der Waals surface area contributed by atoms with E-state index in [1.165, 1.54) is 45.9 Å². The molecule has 0 spiro atoms. The molecule has 0 radical (unpaired) electrons. The lowest BCUT2D eigenvalue weighted by molar-refractivity contribution is -0.114. The Bertz CT molecular complexity index is 1070. The summed E-state index contributed by atoms with van der Waals surface area (Å²) in [6, 6.07) is 5.73. The van der Waals surface area contributed by atoms with Crippen LogP contribution in [-0.2, 0) is 11.3 Å². The number of aromatic nitrogens is 2. The third-order valence-electron chi connectivity index (χ3n) is 4.37. The van der Waals surface area contributed by atoms with Gasteiger partial charge in [-0.2, -0.15) is 8.78 Å². The molecule has 1 aromatic carbocycles. The predicted molar refractivity (Wildman–Crippen MR) is 120 cm³/mol. The van der Waals surface area contributed by atoms with Gasteiger partial charge in [0.05, 0.1) is 0 Å². The van der Waals surface area contributed by atoms with Crippen LogP contribution in [0.15, 0.2) is 39.9 Å². The maximum Gasteiger partial charge on any atom is 0.387 e. The lowest BCUT2D eigenvalue weighted by Gasteiger charge is -2.25. The Kier molecular flexibility index (Phi) is 8.34. The quantitative estimate of drug-likeness (QED) is 0.571. The number of alkyl halides is 2. The van der Waals surface area contributed by atoms with Crippen molar-refractivity contribution in [3.63, 3.8) is 0 Å². The molecule has 0 atom stereocenters. The Morgan fingerprint density at radius 2 is 1.78 bits per heavy atom. The van der Waals surface area contributed by atoms with Gasteiger partial charge in [0, 0.05) is 19.2 Å². The Hall–Kier alpha value is -3.43. The number of carbonyl (C=O) groups is 1. The molecule has 174 valence electrons. The van der Waals surface area contributed by atoms with Crippen LogP contribution in [0.2, 0.25) is 0 Å². The number of benzene rings is 1. The van der Waals surface area contributed by atoms with E-state index in [1.54, 1.807) is 0 Å². The van der Waals surface area contributed by atoms with Gasteiger partial charge in [-0.05, 0) is 35.6 Å². The normalized spacial score (nSPS) is 11.7. The van der Waals surface area contributed by atoms with Gasteiger partial charge in [0.1, 0.15) is 11.6 Å². The van der Waals surface area contributed by atoms with Gasteiger partial charge in [-0.3, -0.25) is 19.1 Å². The van der Waals surface area contributed by atoms with E-state index in [-0.39, 0.29) is 42.2 Å². The van der Waals surface area contributed by atoms with Crippen LogP contribution in [0.5, 0.6) is 5.75 Å². The zero-order chi connectivity index (χ0) is 24.0. The average Bonchev–Trinajstić information content (AvgIpc) is 2.68. The largest absolute Gasteiger partial charge is 0.435 e. The first-order chi connectivity index (χ1) is 15.0. The van der Waals surface area contributed by atoms with Gasteiger partial charge in [-0.1, -0.05) is 39.8 Å². The highest BCUT2D eigenvalue weighted by molar-refractivity contribution is 6.05. The van der Waals surface area contributed by atoms with Crippen molar-refractivity contribution in [3.8, 4) is 5.75 Å². The van der Waals surface area contributed by atoms with E-state index in [4.69, 9.17) is 5.73 Å². The zero-order valence-electron chi connectivity index (χ0n) is 18.5. The molecule has 1 aromatic heterocycles. The molecule has 3 N–H and O–H groups in total. The van der Waals surface area contributed by atoms with Crippen LogP contribution in [0, 0.1) is 11.8 Å². The average molecular weight is 450 g/mol. The molecule has 0 saturated carbocycles. The zero-order valence-corrected chi connectivity index (χ0v) is 18.5. The number of nitrogens with zero attached hydrogens (tertiary/aromatic N) is 2. The first-order valence-electron chi connectivity index (χ1n) is 10.2. The summed E-state index contributed by atoms with van der Waals surface area (Å²) in [6.45, 7) is 5.09. The highest BCUT2D eigenvalue weighted by Crippen LogP contribution is 2.20. The molecule has 2 aromatic rings. The van der Waals surface area contributed by atoms with Crippen molar-refractivity contribution in [2.45, 2.75) is 40.9 Å². The van der Waals surface area contributed by atoms with Crippen molar-refractivity contribution < 1.29 is 18.3 Å². The Balaban J connectivity index is 2.40. The van der Waals surface area contributed by atoms with Crippen LogP contribution >= 0.6 is 0 Å². The van der Waals surface area contributed by atoms with E-state index in [1.807, 2.05) is 27.7 Å². The molecule has 32 heavy (non-hydrogen) atoms. The van der Waals surface area contributed by atoms with E-state index >= 15 is 0 Å². The van der Waals surface area contributed by atoms with Crippen molar-refractivity contribution in [1.82, 2.24) is 9.55 Å². The third-order valence-corrected chi connectivity index (χ3v) is 4.37. The minimum Gasteiger partial charge on any atom is -0.435 e. The van der Waals surface area contributed by atoms with E-state index < -0.39 is 23.8 Å². The summed E-state index contributed by atoms with van der Waals surface area (Å²) in [5.41, 5.74) is 5.26. The SMILES string of the molecule is CC(C)CN(C(=O)/C=C/c1ccc(OC(F)F)cc1)c1c(N)n(CC(C)C)c(=O)[nH]c1=O. The van der Waals surface area contributed by atoms with Gasteiger partial charge in [-0.15, -0.1) is 0 Å². The number of ether oxygens (including phenoxy) is 1. The first kappa shape index (κ1) is 24.8. The summed E-state index contributed by atoms with van der Waals surface area (Å²) in [5, 5.41) is 0. The van der Waals surface area contributed by atoms with Crippen molar-refractivity contribution in [2.24, 2.45) is 11.8 Å². The standard InChI is InChI=1S/C22H28F2N4O4/c1-13(2)11-27(18-19(25)28(12-14(3)4)22(31)26-20(18)30)17(29)10-7-15-5-8-16(9-6-15)32-21(23)24/h5-10,13-14,21H,11-12,25H2,1-4H3,(H,26,30,31)/b10-7+. The highest BCUT2D eigenvalue weighted by atomic mass is 19.3. The summed E-state index contributed by atoms with van der Waals surface area (Å²) < 4.78 is 30.1. The molecule has 0 saturated heterocycles. The Morgan fingerprint density at radius 3 is 2.31 bits per heavy atom. The third kappa shape index (κ3) is 6.53. The molecule has 0 fully saturated rings. The fraction of sp³-hybridized carbons (Fsp3) is 0.409. The number of halogens is 2. The monoisotopic (exact) mass is 450 g/mol. The van der Waals surface area contributed by atoms with Crippen molar-refractivity contribution in [3.05, 3.63) is 56.7 Å². The number of aromatic amines is 1. The number of hydrogen-bond acceptors (Lipinski definition) is 5. The first-order valence-corrected chi connectivity index (χ1v) is 10.2. The minimum absolute atomic E-state index is 0.00223. The van der Waals surface area contributed by atoms with Gasteiger partial charge < -0.3 is 15.4 Å². The van der Waals surface area contributed by atoms with Crippen molar-refractivity contribution in [1.29, 1.82) is 0 Å². The van der Waals surface area contributed by atoms with E-state index in [0.717, 1.165) is 0 Å². The van der Waals surface area contributed by atoms with Crippen molar-refractivity contribution in [2.75, 3.05) is 17.2 Å². The second kappa shape index (κ2) is 10.7. The molecule has 10 heteroatoms. The Labute approximate surface area is 184 Å². The molecule has 8 nitrogen and oxygen atoms in total. The number of carbonyl (C=O) groups excluding carboxylic acids is 1. The number of hydrogen-bond donors (Lipinski definition) is 2. The van der Waals surface area contributed by atoms with Crippen molar-refractivity contribution >= 4 is 23.5 Å². The minimum atomic E-state index is -2.93. The molecule has 0 aliphatic carbocycles. The van der Waals surface area contributed by atoms with Crippen LogP contribution < -0.4 is 26.6 Å². The fourth-order valence-electron chi connectivity index (χ4n) is 3.06. The predicted octanol–water partition coefficient (Wildman–Crippen LogP) is 3.08. The summed E-state index contributed by atoms with van der Waals surface area (Å²) in [4.78, 5) is 41.3. The number of nitrogens with one attached hydrogen (secondary N) is 1. The van der Waals surface area contributed by atoms with E-state index in [0.29, 0.717) is 5.56 Å². The lowest BCUT2D eigenvalue weighted by Crippen LogP contribution is -2.42.